The van der Waals surface area contributed by atoms with E-state index in [0.717, 1.165) is 41.1 Å². The first-order valence-corrected chi connectivity index (χ1v) is 15.5. The van der Waals surface area contributed by atoms with Crippen LogP contribution in [0.3, 0.4) is 0 Å². The molecule has 218 valence electrons. The fraction of sp³-hybridized carbons (Fsp3) is 0.375. The van der Waals surface area contributed by atoms with Gasteiger partial charge >= 0.3 is 0 Å². The van der Waals surface area contributed by atoms with E-state index in [1.165, 1.54) is 24.1 Å². The summed E-state index contributed by atoms with van der Waals surface area (Å²) < 4.78 is 34.6. The zero-order chi connectivity index (χ0) is 29.4. The highest BCUT2D eigenvalue weighted by atomic mass is 32.2. The van der Waals surface area contributed by atoms with Gasteiger partial charge in [0.15, 0.2) is 0 Å². The lowest BCUT2D eigenvalue weighted by molar-refractivity contribution is -0.139. The Morgan fingerprint density at radius 3 is 2.24 bits per heavy atom. The van der Waals surface area contributed by atoms with Crippen molar-refractivity contribution >= 4 is 27.5 Å². The fourth-order valence-electron chi connectivity index (χ4n) is 5.19. The first kappa shape index (κ1) is 30.1. The van der Waals surface area contributed by atoms with Gasteiger partial charge in [0, 0.05) is 12.6 Å². The summed E-state index contributed by atoms with van der Waals surface area (Å²) in [6.45, 7) is 3.31. The highest BCUT2D eigenvalue weighted by Gasteiger charge is 2.34. The number of rotatable bonds is 12. The molecule has 3 aromatic carbocycles. The van der Waals surface area contributed by atoms with Gasteiger partial charge in [-0.15, -0.1) is 0 Å². The minimum atomic E-state index is -4.16. The van der Waals surface area contributed by atoms with Gasteiger partial charge in [0.2, 0.25) is 11.8 Å². The van der Waals surface area contributed by atoms with Crippen LogP contribution in [0.4, 0.5) is 5.69 Å². The van der Waals surface area contributed by atoms with Crippen LogP contribution in [0, 0.1) is 6.92 Å². The topological polar surface area (TPSA) is 96.0 Å². The Bertz CT molecular complexity index is 1420. The second-order valence-electron chi connectivity index (χ2n) is 10.5. The van der Waals surface area contributed by atoms with E-state index in [1.54, 1.807) is 37.3 Å². The molecule has 0 aliphatic heterocycles. The molecule has 1 aliphatic rings. The molecule has 0 aromatic heterocycles. The molecule has 9 heteroatoms. The molecule has 0 radical (unpaired) electrons. The van der Waals surface area contributed by atoms with Crippen molar-refractivity contribution in [3.63, 3.8) is 0 Å². The van der Waals surface area contributed by atoms with E-state index in [0.29, 0.717) is 12.2 Å². The first-order valence-electron chi connectivity index (χ1n) is 14.1. The van der Waals surface area contributed by atoms with E-state index in [9.17, 15) is 18.0 Å². The molecule has 4 rings (SSSR count). The molecule has 1 saturated carbocycles. The zero-order valence-corrected chi connectivity index (χ0v) is 24.8. The summed E-state index contributed by atoms with van der Waals surface area (Å²) in [4.78, 5) is 29.0. The summed E-state index contributed by atoms with van der Waals surface area (Å²) in [7, 11) is -2.70. The predicted octanol–water partition coefficient (Wildman–Crippen LogP) is 4.72. The molecule has 1 fully saturated rings. The van der Waals surface area contributed by atoms with Crippen molar-refractivity contribution in [2.45, 2.75) is 62.9 Å². The monoisotopic (exact) mass is 577 g/mol. The average molecular weight is 578 g/mol. The van der Waals surface area contributed by atoms with Crippen LogP contribution in [-0.2, 0) is 26.0 Å². The van der Waals surface area contributed by atoms with Crippen LogP contribution in [0.2, 0.25) is 0 Å². The molecule has 1 aliphatic carbocycles. The van der Waals surface area contributed by atoms with E-state index in [2.05, 4.69) is 5.32 Å². The van der Waals surface area contributed by atoms with Crippen LogP contribution in [-0.4, -0.2) is 57.4 Å². The molecular weight excluding hydrogens is 538 g/mol. The number of nitrogens with zero attached hydrogens (tertiary/aromatic N) is 2. The van der Waals surface area contributed by atoms with Crippen LogP contribution in [0.1, 0.15) is 43.7 Å². The summed E-state index contributed by atoms with van der Waals surface area (Å²) in [5, 5.41) is 3.09. The van der Waals surface area contributed by atoms with Crippen molar-refractivity contribution in [3.05, 3.63) is 90.0 Å². The van der Waals surface area contributed by atoms with Crippen molar-refractivity contribution in [2.24, 2.45) is 0 Å². The molecule has 3 aromatic rings. The van der Waals surface area contributed by atoms with E-state index in [-0.39, 0.29) is 29.1 Å². The molecule has 1 N–H and O–H groups in total. The van der Waals surface area contributed by atoms with Gasteiger partial charge in [0.05, 0.1) is 17.7 Å². The van der Waals surface area contributed by atoms with Gasteiger partial charge < -0.3 is 15.0 Å². The number of amides is 2. The van der Waals surface area contributed by atoms with E-state index >= 15 is 0 Å². The number of sulfonamides is 1. The molecule has 8 nitrogen and oxygen atoms in total. The molecule has 41 heavy (non-hydrogen) atoms. The van der Waals surface area contributed by atoms with Crippen molar-refractivity contribution in [1.29, 1.82) is 0 Å². The van der Waals surface area contributed by atoms with Crippen molar-refractivity contribution in [3.8, 4) is 5.75 Å². The first-order chi connectivity index (χ1) is 19.7. The number of nitrogens with one attached hydrogen (secondary N) is 1. The molecule has 0 bridgehead atoms. The maximum atomic E-state index is 14.1. The third-order valence-electron chi connectivity index (χ3n) is 7.57. The second kappa shape index (κ2) is 13.7. The van der Waals surface area contributed by atoms with Crippen LogP contribution in [0.5, 0.6) is 5.75 Å². The smallest absolute Gasteiger partial charge is 0.264 e. The lowest BCUT2D eigenvalue weighted by Crippen LogP contribution is -2.53. The number of anilines is 1. The minimum absolute atomic E-state index is 0.0548. The van der Waals surface area contributed by atoms with Gasteiger partial charge in [-0.1, -0.05) is 67.4 Å². The van der Waals surface area contributed by atoms with Crippen LogP contribution in [0.25, 0.3) is 0 Å². The van der Waals surface area contributed by atoms with E-state index < -0.39 is 28.5 Å². The SMILES string of the molecule is COc1ccc(C)cc1N(CC(=O)N(CCc1ccccc1)[C@@H](C)C(=O)NC1CCCC1)S(=O)(=O)c1ccccc1. The van der Waals surface area contributed by atoms with Crippen molar-refractivity contribution in [2.75, 3.05) is 24.5 Å². The Balaban J connectivity index is 1.69. The number of carbonyl (C=O) groups is 2. The third-order valence-corrected chi connectivity index (χ3v) is 9.34. The van der Waals surface area contributed by atoms with Crippen LogP contribution in [0.15, 0.2) is 83.8 Å². The lowest BCUT2D eigenvalue weighted by Gasteiger charge is -2.33. The summed E-state index contributed by atoms with van der Waals surface area (Å²) in [6, 6.07) is 22.2. The standard InChI is InChI=1S/C32H39N3O5S/c1-24-18-19-30(40-3)29(22-24)35(41(38,39)28-16-8-5-9-17-28)23-31(36)34(21-20-26-12-6-4-7-13-26)25(2)32(37)33-27-14-10-11-15-27/h4-9,12-13,16-19,22,25,27H,10-11,14-15,20-21,23H2,1-3H3,(H,33,37)/t25-/m0/s1. The maximum absolute atomic E-state index is 14.1. The maximum Gasteiger partial charge on any atom is 0.264 e. The van der Waals surface area contributed by atoms with Gasteiger partial charge in [-0.25, -0.2) is 8.42 Å². The van der Waals surface area contributed by atoms with Crippen LogP contribution >= 0.6 is 0 Å². The number of benzene rings is 3. The Hall–Kier alpha value is -3.85. The van der Waals surface area contributed by atoms with Crippen molar-refractivity contribution < 1.29 is 22.7 Å². The number of aryl methyl sites for hydroxylation is 1. The third kappa shape index (κ3) is 7.47. The Kier molecular flexibility index (Phi) is 10.0. The molecular formula is C32H39N3O5S. The van der Waals surface area contributed by atoms with E-state index in [1.807, 2.05) is 43.3 Å². The van der Waals surface area contributed by atoms with Gasteiger partial charge in [-0.05, 0) is 68.5 Å². The van der Waals surface area contributed by atoms with Crippen LogP contribution < -0.4 is 14.4 Å². The quantitative estimate of drug-likeness (QED) is 0.336. The fourth-order valence-corrected chi connectivity index (χ4v) is 6.63. The molecule has 0 heterocycles. The number of hydrogen-bond donors (Lipinski definition) is 1. The summed E-state index contributed by atoms with van der Waals surface area (Å²) in [5.74, 6) is -0.382. The molecule has 2 amide bonds. The Labute approximate surface area is 243 Å². The highest BCUT2D eigenvalue weighted by Crippen LogP contribution is 2.33. The molecule has 0 spiro atoms. The predicted molar refractivity (Wildman–Crippen MR) is 160 cm³/mol. The lowest BCUT2D eigenvalue weighted by atomic mass is 10.1. The largest absolute Gasteiger partial charge is 0.495 e. The number of ether oxygens (including phenoxy) is 1. The number of methoxy groups -OCH3 is 1. The van der Waals surface area contributed by atoms with Gasteiger partial charge in [0.25, 0.3) is 10.0 Å². The van der Waals surface area contributed by atoms with E-state index in [4.69, 9.17) is 4.74 Å². The van der Waals surface area contributed by atoms with Gasteiger partial charge in [0.1, 0.15) is 18.3 Å². The van der Waals surface area contributed by atoms with Gasteiger partial charge in [-0.2, -0.15) is 0 Å². The number of carbonyl (C=O) groups excluding carboxylic acids is 2. The molecule has 1 atom stereocenters. The van der Waals surface area contributed by atoms with Gasteiger partial charge in [-0.3, -0.25) is 13.9 Å². The highest BCUT2D eigenvalue weighted by molar-refractivity contribution is 7.92. The summed E-state index contributed by atoms with van der Waals surface area (Å²) in [6.07, 6.45) is 4.51. The molecule has 0 saturated heterocycles. The summed E-state index contributed by atoms with van der Waals surface area (Å²) >= 11 is 0. The molecule has 0 unspecified atom stereocenters. The zero-order valence-electron chi connectivity index (χ0n) is 24.0. The average Bonchev–Trinajstić information content (AvgIpc) is 3.50. The Morgan fingerprint density at radius 2 is 1.61 bits per heavy atom. The normalized spacial score (nSPS) is 14.3. The Morgan fingerprint density at radius 1 is 0.976 bits per heavy atom. The minimum Gasteiger partial charge on any atom is -0.495 e. The van der Waals surface area contributed by atoms with Crippen molar-refractivity contribution in [1.82, 2.24) is 10.2 Å². The number of hydrogen-bond acceptors (Lipinski definition) is 5. The summed E-state index contributed by atoms with van der Waals surface area (Å²) in [5.41, 5.74) is 2.09. The second-order valence-corrected chi connectivity index (χ2v) is 12.4.